The van der Waals surface area contributed by atoms with Crippen molar-refractivity contribution in [1.82, 2.24) is 25.9 Å². The van der Waals surface area contributed by atoms with Crippen LogP contribution in [0.3, 0.4) is 0 Å². The highest BCUT2D eigenvalue weighted by Crippen LogP contribution is 2.16. The average molecular weight is 282 g/mol. The molecule has 0 spiro atoms. The van der Waals surface area contributed by atoms with Crippen LogP contribution in [0, 0.1) is 0 Å². The van der Waals surface area contributed by atoms with Crippen LogP contribution in [0.5, 0.6) is 0 Å². The molecule has 0 aliphatic heterocycles. The Morgan fingerprint density at radius 2 is 2.12 bits per heavy atom. The van der Waals surface area contributed by atoms with Crippen molar-refractivity contribution in [2.45, 2.75) is 19.5 Å². The van der Waals surface area contributed by atoms with Gasteiger partial charge in [-0.05, 0) is 24.6 Å². The van der Waals surface area contributed by atoms with Gasteiger partial charge < -0.3 is 5.32 Å². The minimum absolute atomic E-state index is 0.256. The number of benzene rings is 1. The summed E-state index contributed by atoms with van der Waals surface area (Å²) in [5.74, 6) is 0.670. The Labute approximate surface area is 102 Å². The summed E-state index contributed by atoms with van der Waals surface area (Å²) in [5, 5.41) is 17.0. The second-order valence-electron chi connectivity index (χ2n) is 3.48. The SMILES string of the molecule is CC(NCc1nn[nH]n1)c1ccc(Br)cc1. The van der Waals surface area contributed by atoms with Crippen LogP contribution in [0.4, 0.5) is 0 Å². The molecule has 1 aromatic carbocycles. The third-order valence-corrected chi connectivity index (χ3v) is 2.85. The van der Waals surface area contributed by atoms with Gasteiger partial charge in [0.1, 0.15) is 0 Å². The molecule has 0 radical (unpaired) electrons. The fourth-order valence-electron chi connectivity index (χ4n) is 1.37. The van der Waals surface area contributed by atoms with Crippen molar-refractivity contribution in [3.63, 3.8) is 0 Å². The molecule has 1 unspecified atom stereocenters. The number of H-pyrrole nitrogens is 1. The summed E-state index contributed by atoms with van der Waals surface area (Å²) in [6.45, 7) is 2.71. The predicted octanol–water partition coefficient (Wildman–Crippen LogP) is 1.81. The zero-order valence-electron chi connectivity index (χ0n) is 8.81. The summed E-state index contributed by atoms with van der Waals surface area (Å²) in [4.78, 5) is 0. The van der Waals surface area contributed by atoms with E-state index < -0.39 is 0 Å². The smallest absolute Gasteiger partial charge is 0.188 e. The van der Waals surface area contributed by atoms with Crippen molar-refractivity contribution in [3.8, 4) is 0 Å². The lowest BCUT2D eigenvalue weighted by atomic mass is 10.1. The topological polar surface area (TPSA) is 66.5 Å². The standard InChI is InChI=1S/C10H12BrN5/c1-7(8-2-4-9(11)5-3-8)12-6-10-13-15-16-14-10/h2-5,7,12H,6H2,1H3,(H,13,14,15,16). The van der Waals surface area contributed by atoms with Gasteiger partial charge in [-0.1, -0.05) is 33.3 Å². The zero-order chi connectivity index (χ0) is 11.4. The van der Waals surface area contributed by atoms with E-state index in [4.69, 9.17) is 0 Å². The number of tetrazole rings is 1. The molecule has 0 aliphatic rings. The third-order valence-electron chi connectivity index (χ3n) is 2.33. The summed E-state index contributed by atoms with van der Waals surface area (Å²) >= 11 is 3.41. The number of hydrogen-bond acceptors (Lipinski definition) is 4. The van der Waals surface area contributed by atoms with Gasteiger partial charge in [0.15, 0.2) is 5.82 Å². The first-order valence-corrected chi connectivity index (χ1v) is 5.76. The summed E-state index contributed by atoms with van der Waals surface area (Å²) in [5.41, 5.74) is 1.23. The molecule has 0 saturated carbocycles. The Bertz CT molecular complexity index is 425. The lowest BCUT2D eigenvalue weighted by molar-refractivity contribution is 0.559. The lowest BCUT2D eigenvalue weighted by Gasteiger charge is -2.12. The van der Waals surface area contributed by atoms with E-state index in [9.17, 15) is 0 Å². The van der Waals surface area contributed by atoms with Crippen LogP contribution in [0.25, 0.3) is 0 Å². The Balaban J connectivity index is 1.93. The van der Waals surface area contributed by atoms with E-state index in [1.807, 2.05) is 12.1 Å². The quantitative estimate of drug-likeness (QED) is 0.897. The van der Waals surface area contributed by atoms with Crippen LogP contribution >= 0.6 is 15.9 Å². The molecule has 1 aromatic heterocycles. The molecule has 5 nitrogen and oxygen atoms in total. The normalized spacial score (nSPS) is 12.6. The van der Waals surface area contributed by atoms with Crippen molar-refractivity contribution >= 4 is 15.9 Å². The van der Waals surface area contributed by atoms with E-state index in [2.05, 4.69) is 60.9 Å². The van der Waals surface area contributed by atoms with Gasteiger partial charge >= 0.3 is 0 Å². The predicted molar refractivity (Wildman–Crippen MR) is 63.6 cm³/mol. The highest BCUT2D eigenvalue weighted by Gasteiger charge is 2.05. The maximum absolute atomic E-state index is 3.88. The van der Waals surface area contributed by atoms with Crippen molar-refractivity contribution < 1.29 is 0 Å². The molecule has 0 saturated heterocycles. The summed E-state index contributed by atoms with van der Waals surface area (Å²) in [6.07, 6.45) is 0. The summed E-state index contributed by atoms with van der Waals surface area (Å²) in [6, 6.07) is 8.48. The third kappa shape index (κ3) is 2.86. The average Bonchev–Trinajstić information content (AvgIpc) is 2.80. The zero-order valence-corrected chi connectivity index (χ0v) is 10.4. The molecule has 84 valence electrons. The van der Waals surface area contributed by atoms with Gasteiger partial charge in [0.25, 0.3) is 0 Å². The fraction of sp³-hybridized carbons (Fsp3) is 0.300. The van der Waals surface area contributed by atoms with Gasteiger partial charge in [-0.2, -0.15) is 5.21 Å². The summed E-state index contributed by atoms with van der Waals surface area (Å²) < 4.78 is 1.08. The molecule has 1 heterocycles. The number of hydrogen-bond donors (Lipinski definition) is 2. The van der Waals surface area contributed by atoms with Crippen molar-refractivity contribution in [2.24, 2.45) is 0 Å². The van der Waals surface area contributed by atoms with Crippen LogP contribution in [-0.4, -0.2) is 20.6 Å². The Kier molecular flexibility index (Phi) is 3.63. The number of rotatable bonds is 4. The van der Waals surface area contributed by atoms with Gasteiger partial charge in [-0.15, -0.1) is 10.2 Å². The molecule has 0 bridgehead atoms. The Hall–Kier alpha value is -1.27. The Morgan fingerprint density at radius 1 is 1.38 bits per heavy atom. The molecule has 0 aliphatic carbocycles. The van der Waals surface area contributed by atoms with Gasteiger partial charge in [0, 0.05) is 10.5 Å². The largest absolute Gasteiger partial charge is 0.303 e. The monoisotopic (exact) mass is 281 g/mol. The molecule has 2 N–H and O–H groups in total. The lowest BCUT2D eigenvalue weighted by Crippen LogP contribution is -2.18. The minimum atomic E-state index is 0.256. The number of nitrogens with one attached hydrogen (secondary N) is 2. The molecular weight excluding hydrogens is 270 g/mol. The Morgan fingerprint density at radius 3 is 2.75 bits per heavy atom. The van der Waals surface area contributed by atoms with Crippen molar-refractivity contribution in [2.75, 3.05) is 0 Å². The van der Waals surface area contributed by atoms with Crippen molar-refractivity contribution in [3.05, 3.63) is 40.1 Å². The van der Waals surface area contributed by atoms with Crippen LogP contribution in [0.2, 0.25) is 0 Å². The van der Waals surface area contributed by atoms with E-state index in [-0.39, 0.29) is 6.04 Å². The van der Waals surface area contributed by atoms with E-state index in [0.29, 0.717) is 12.4 Å². The van der Waals surface area contributed by atoms with Crippen LogP contribution in [0.1, 0.15) is 24.4 Å². The number of aromatic nitrogens is 4. The van der Waals surface area contributed by atoms with E-state index in [1.54, 1.807) is 0 Å². The maximum Gasteiger partial charge on any atom is 0.188 e. The molecule has 1 atom stereocenters. The molecule has 2 aromatic rings. The highest BCUT2D eigenvalue weighted by atomic mass is 79.9. The van der Waals surface area contributed by atoms with Crippen LogP contribution in [0.15, 0.2) is 28.7 Å². The highest BCUT2D eigenvalue weighted by molar-refractivity contribution is 9.10. The molecule has 0 fully saturated rings. The van der Waals surface area contributed by atoms with Gasteiger partial charge in [0.2, 0.25) is 0 Å². The van der Waals surface area contributed by atoms with Gasteiger partial charge in [-0.25, -0.2) is 0 Å². The second kappa shape index (κ2) is 5.18. The van der Waals surface area contributed by atoms with E-state index in [0.717, 1.165) is 4.47 Å². The first kappa shape index (κ1) is 11.2. The molecule has 16 heavy (non-hydrogen) atoms. The van der Waals surface area contributed by atoms with Crippen molar-refractivity contribution in [1.29, 1.82) is 0 Å². The molecule has 0 amide bonds. The van der Waals surface area contributed by atoms with E-state index >= 15 is 0 Å². The maximum atomic E-state index is 3.88. The van der Waals surface area contributed by atoms with Crippen LogP contribution < -0.4 is 5.32 Å². The first-order valence-electron chi connectivity index (χ1n) is 4.97. The number of nitrogens with zero attached hydrogens (tertiary/aromatic N) is 3. The molecule has 2 rings (SSSR count). The number of halogens is 1. The first-order chi connectivity index (χ1) is 7.75. The van der Waals surface area contributed by atoms with Gasteiger partial charge in [-0.3, -0.25) is 0 Å². The molecule has 6 heteroatoms. The minimum Gasteiger partial charge on any atom is -0.303 e. The summed E-state index contributed by atoms with van der Waals surface area (Å²) in [7, 11) is 0. The van der Waals surface area contributed by atoms with Gasteiger partial charge in [0.05, 0.1) is 6.54 Å². The fourth-order valence-corrected chi connectivity index (χ4v) is 1.64. The second-order valence-corrected chi connectivity index (χ2v) is 4.40. The van der Waals surface area contributed by atoms with Crippen LogP contribution in [-0.2, 0) is 6.54 Å². The van der Waals surface area contributed by atoms with E-state index in [1.165, 1.54) is 5.56 Å². The number of aromatic amines is 1. The molecular formula is C10H12BrN5.